The number of carbonyl (C=O) groups is 2. The van der Waals surface area contributed by atoms with E-state index in [1.807, 2.05) is 6.08 Å². The normalized spacial score (nSPS) is 11.0. The van der Waals surface area contributed by atoms with Gasteiger partial charge in [-0.1, -0.05) is 200 Å². The highest BCUT2D eigenvalue weighted by Gasteiger charge is 1.99. The monoisotopic (exact) mass is 621 g/mol. The molecule has 44 heavy (non-hydrogen) atoms. The minimum Gasteiger partial charge on any atom is -0.478 e. The van der Waals surface area contributed by atoms with Crippen LogP contribution in [0.2, 0.25) is 0 Å². The Balaban J connectivity index is 0. The number of carbonyl (C=O) groups excluding carboxylic acids is 1. The van der Waals surface area contributed by atoms with E-state index in [-0.39, 0.29) is 0 Å². The van der Waals surface area contributed by atoms with Gasteiger partial charge in [-0.2, -0.15) is 0 Å². The Bertz CT molecular complexity index is 612. The van der Waals surface area contributed by atoms with Gasteiger partial charge < -0.3 is 9.84 Å². The predicted molar refractivity (Wildman–Crippen MR) is 192 cm³/mol. The van der Waals surface area contributed by atoms with Crippen LogP contribution < -0.4 is 0 Å². The number of hydrogen-bond donors (Lipinski definition) is 1. The first-order valence-corrected chi connectivity index (χ1v) is 19.3. The Morgan fingerprint density at radius 3 is 1.07 bits per heavy atom. The summed E-state index contributed by atoms with van der Waals surface area (Å²) >= 11 is 0. The number of rotatable bonds is 34. The first-order chi connectivity index (χ1) is 21.6. The topological polar surface area (TPSA) is 63.6 Å². The maximum atomic E-state index is 11.1. The van der Waals surface area contributed by atoms with Crippen LogP contribution in [0.15, 0.2) is 24.8 Å². The third-order valence-electron chi connectivity index (χ3n) is 8.37. The van der Waals surface area contributed by atoms with Crippen molar-refractivity contribution in [3.63, 3.8) is 0 Å². The minimum absolute atomic E-state index is 0.376. The Hall–Kier alpha value is -1.58. The van der Waals surface area contributed by atoms with Crippen LogP contribution in [-0.2, 0) is 14.3 Å². The van der Waals surface area contributed by atoms with Crippen molar-refractivity contribution in [3.05, 3.63) is 24.8 Å². The molecular weight excluding hydrogens is 544 g/mol. The fourth-order valence-corrected chi connectivity index (χ4v) is 5.49. The highest BCUT2D eigenvalue weighted by Crippen LogP contribution is 2.15. The quantitative estimate of drug-likeness (QED) is 0.0336. The molecule has 0 rings (SSSR count). The smallest absolute Gasteiger partial charge is 0.331 e. The van der Waals surface area contributed by atoms with Crippen molar-refractivity contribution in [1.29, 1.82) is 0 Å². The molecule has 260 valence electrons. The molecule has 0 aliphatic heterocycles. The molecule has 0 bridgehead atoms. The van der Waals surface area contributed by atoms with E-state index in [2.05, 4.69) is 20.4 Å². The Morgan fingerprint density at radius 1 is 0.477 bits per heavy atom. The average Bonchev–Trinajstić information content (AvgIpc) is 3.02. The van der Waals surface area contributed by atoms with E-state index < -0.39 is 11.9 Å². The second-order valence-electron chi connectivity index (χ2n) is 12.8. The molecule has 0 amide bonds. The molecule has 0 fully saturated rings. The summed E-state index contributed by atoms with van der Waals surface area (Å²) in [5, 5.41) is 8.39. The number of esters is 1. The number of carboxylic acids is 1. The van der Waals surface area contributed by atoms with Crippen LogP contribution in [-0.4, -0.2) is 23.7 Å². The van der Waals surface area contributed by atoms with Gasteiger partial charge in [-0.05, 0) is 19.3 Å². The summed E-state index contributed by atoms with van der Waals surface area (Å²) in [6.07, 6.45) is 46.2. The summed E-state index contributed by atoms with van der Waals surface area (Å²) in [6.45, 7) is 8.69. The number of carboxylic acid groups (broad SMARTS) is 1. The predicted octanol–water partition coefficient (Wildman–Crippen LogP) is 13.5. The lowest BCUT2D eigenvalue weighted by Crippen LogP contribution is -2.03. The molecule has 0 aliphatic carbocycles. The molecule has 4 heteroatoms. The molecule has 0 aromatic rings. The van der Waals surface area contributed by atoms with Gasteiger partial charge in [0.05, 0.1) is 6.61 Å². The zero-order valence-electron chi connectivity index (χ0n) is 29.7. The summed E-state index contributed by atoms with van der Waals surface area (Å²) in [5.41, 5.74) is 0. The Morgan fingerprint density at radius 2 is 0.773 bits per heavy atom. The molecule has 0 heterocycles. The van der Waals surface area contributed by atoms with Crippen molar-refractivity contribution in [2.24, 2.45) is 0 Å². The Labute approximate surface area is 275 Å². The van der Waals surface area contributed by atoms with Crippen LogP contribution >= 0.6 is 0 Å². The number of aliphatic carboxylic acids is 1. The van der Waals surface area contributed by atoms with Gasteiger partial charge >= 0.3 is 11.9 Å². The molecule has 0 radical (unpaired) electrons. The lowest BCUT2D eigenvalue weighted by atomic mass is 10.0. The standard InChI is InChI=1S/C22H40O4.C18H36/c1-2-3-4-5-6-7-8-9-10-11-12-13-14-15-16-17-20-26-22(25)19-18-21(23)24;1-3-5-7-9-11-13-15-17-18-16-14-12-10-8-6-4-2/h18-19H,2-17,20H2,1H3,(H,23,24);3H,1,4-18H2,2H3. The highest BCUT2D eigenvalue weighted by atomic mass is 16.5. The summed E-state index contributed by atoms with van der Waals surface area (Å²) in [6, 6.07) is 0. The summed E-state index contributed by atoms with van der Waals surface area (Å²) in [5.74, 6) is -1.71. The fraction of sp³-hybridized carbons (Fsp3) is 0.850. The van der Waals surface area contributed by atoms with Crippen molar-refractivity contribution >= 4 is 11.9 Å². The lowest BCUT2D eigenvalue weighted by Gasteiger charge is -2.04. The van der Waals surface area contributed by atoms with Gasteiger partial charge in [0.15, 0.2) is 0 Å². The summed E-state index contributed by atoms with van der Waals surface area (Å²) < 4.78 is 4.92. The molecule has 0 aliphatic rings. The number of ether oxygens (including phenoxy) is 1. The largest absolute Gasteiger partial charge is 0.478 e. The SMILES string of the molecule is C=CCCCCCCCCCCCCCCCC.CCCCCCCCCCCCCCCCCCOC(=O)C=CC(=O)O. The molecule has 0 unspecified atom stereocenters. The molecular formula is C40H76O4. The van der Waals surface area contributed by atoms with Gasteiger partial charge in [0.25, 0.3) is 0 Å². The van der Waals surface area contributed by atoms with E-state index >= 15 is 0 Å². The molecule has 0 atom stereocenters. The third kappa shape index (κ3) is 44.9. The zero-order chi connectivity index (χ0) is 32.6. The van der Waals surface area contributed by atoms with E-state index in [0.29, 0.717) is 6.61 Å². The molecule has 0 spiro atoms. The van der Waals surface area contributed by atoms with Gasteiger partial charge in [0, 0.05) is 12.2 Å². The molecule has 0 aromatic heterocycles. The molecule has 0 saturated carbocycles. The van der Waals surface area contributed by atoms with E-state index in [1.54, 1.807) is 0 Å². The van der Waals surface area contributed by atoms with Crippen LogP contribution in [0.1, 0.15) is 213 Å². The van der Waals surface area contributed by atoms with Crippen molar-refractivity contribution in [2.45, 2.75) is 213 Å². The summed E-state index contributed by atoms with van der Waals surface area (Å²) in [4.78, 5) is 21.4. The second-order valence-corrected chi connectivity index (χ2v) is 12.8. The van der Waals surface area contributed by atoms with E-state index in [1.165, 1.54) is 186 Å². The third-order valence-corrected chi connectivity index (χ3v) is 8.37. The van der Waals surface area contributed by atoms with Crippen molar-refractivity contribution in [3.8, 4) is 0 Å². The van der Waals surface area contributed by atoms with E-state index in [9.17, 15) is 9.59 Å². The maximum Gasteiger partial charge on any atom is 0.331 e. The maximum absolute atomic E-state index is 11.1. The van der Waals surface area contributed by atoms with Crippen LogP contribution in [0, 0.1) is 0 Å². The first kappa shape index (κ1) is 44.5. The lowest BCUT2D eigenvalue weighted by molar-refractivity contribution is -0.138. The van der Waals surface area contributed by atoms with Gasteiger partial charge in [-0.3, -0.25) is 0 Å². The molecule has 0 saturated heterocycles. The molecule has 0 aromatic carbocycles. The Kier molecular flexibility index (Phi) is 41.9. The van der Waals surface area contributed by atoms with E-state index in [4.69, 9.17) is 9.84 Å². The van der Waals surface area contributed by atoms with Crippen LogP contribution in [0.4, 0.5) is 0 Å². The van der Waals surface area contributed by atoms with Gasteiger partial charge in [-0.25, -0.2) is 9.59 Å². The second kappa shape index (κ2) is 41.4. The van der Waals surface area contributed by atoms with Crippen molar-refractivity contribution in [1.82, 2.24) is 0 Å². The zero-order valence-corrected chi connectivity index (χ0v) is 29.7. The number of hydrogen-bond acceptors (Lipinski definition) is 3. The number of unbranched alkanes of at least 4 members (excludes halogenated alkanes) is 29. The fourth-order valence-electron chi connectivity index (χ4n) is 5.49. The first-order valence-electron chi connectivity index (χ1n) is 19.3. The minimum atomic E-state index is -1.13. The van der Waals surface area contributed by atoms with Crippen molar-refractivity contribution < 1.29 is 19.4 Å². The van der Waals surface area contributed by atoms with Gasteiger partial charge in [0.1, 0.15) is 0 Å². The van der Waals surface area contributed by atoms with Gasteiger partial charge in [0.2, 0.25) is 0 Å². The van der Waals surface area contributed by atoms with Gasteiger partial charge in [-0.15, -0.1) is 6.58 Å². The van der Waals surface area contributed by atoms with Crippen molar-refractivity contribution in [2.75, 3.05) is 6.61 Å². The summed E-state index contributed by atoms with van der Waals surface area (Å²) in [7, 11) is 0. The average molecular weight is 621 g/mol. The van der Waals surface area contributed by atoms with Crippen LogP contribution in [0.3, 0.4) is 0 Å². The number of allylic oxidation sites excluding steroid dienone is 1. The molecule has 4 nitrogen and oxygen atoms in total. The molecule has 1 N–H and O–H groups in total. The van der Waals surface area contributed by atoms with Crippen LogP contribution in [0.25, 0.3) is 0 Å². The van der Waals surface area contributed by atoms with E-state index in [0.717, 1.165) is 25.0 Å². The van der Waals surface area contributed by atoms with Crippen LogP contribution in [0.5, 0.6) is 0 Å². The highest BCUT2D eigenvalue weighted by molar-refractivity contribution is 5.90.